The minimum absolute atomic E-state index is 0. The Morgan fingerprint density at radius 3 is 2.56 bits per heavy atom. The fourth-order valence-electron chi connectivity index (χ4n) is 5.19. The molecule has 1 aromatic heterocycles. The zero-order valence-electron chi connectivity index (χ0n) is 19.6. The summed E-state index contributed by atoms with van der Waals surface area (Å²) in [5.74, 6) is 0.918. The summed E-state index contributed by atoms with van der Waals surface area (Å²) in [5, 5.41) is 10.6. The maximum absolute atomic E-state index is 5.56. The molecule has 1 aromatic rings. The van der Waals surface area contributed by atoms with Crippen LogP contribution in [0.2, 0.25) is 0 Å². The molecular weight excluding hydrogens is 535 g/mol. The van der Waals surface area contributed by atoms with Gasteiger partial charge in [-0.2, -0.15) is 0 Å². The summed E-state index contributed by atoms with van der Waals surface area (Å²) in [6.07, 6.45) is 10.2. The van der Waals surface area contributed by atoms with Gasteiger partial charge in [-0.25, -0.2) is 4.98 Å². The van der Waals surface area contributed by atoms with E-state index in [1.165, 1.54) is 62.3 Å². The van der Waals surface area contributed by atoms with Crippen LogP contribution in [-0.2, 0) is 11.2 Å². The molecule has 0 radical (unpaired) electrons. The molecule has 1 saturated carbocycles. The minimum atomic E-state index is 0. The van der Waals surface area contributed by atoms with Gasteiger partial charge in [-0.3, -0.25) is 9.89 Å². The lowest BCUT2D eigenvalue weighted by Crippen LogP contribution is -2.51. The van der Waals surface area contributed by atoms with Crippen LogP contribution in [0.3, 0.4) is 0 Å². The number of hydrogen-bond acceptors (Lipinski definition) is 6. The van der Waals surface area contributed by atoms with Gasteiger partial charge in [-0.1, -0.05) is 19.3 Å². The van der Waals surface area contributed by atoms with Gasteiger partial charge in [-0.15, -0.1) is 35.3 Å². The third-order valence-electron chi connectivity index (χ3n) is 7.02. The fourth-order valence-corrected chi connectivity index (χ4v) is 6.11. The average Bonchev–Trinajstić information content (AvgIpc) is 3.50. The zero-order chi connectivity index (χ0) is 21.4. The van der Waals surface area contributed by atoms with E-state index in [1.807, 2.05) is 7.05 Å². The van der Waals surface area contributed by atoms with E-state index in [0.717, 1.165) is 64.9 Å². The van der Waals surface area contributed by atoms with Crippen molar-refractivity contribution in [2.75, 3.05) is 71.0 Å². The molecule has 0 unspecified atom stereocenters. The molecule has 3 fully saturated rings. The number of thiazole rings is 1. The molecule has 2 N–H and O–H groups in total. The second-order valence-corrected chi connectivity index (χ2v) is 10.2. The van der Waals surface area contributed by atoms with Crippen LogP contribution in [-0.4, -0.2) is 81.9 Å². The minimum Gasteiger partial charge on any atom is -0.379 e. The van der Waals surface area contributed by atoms with Crippen LogP contribution < -0.4 is 15.5 Å². The number of halogens is 1. The molecule has 0 aromatic carbocycles. The summed E-state index contributed by atoms with van der Waals surface area (Å²) in [6, 6.07) is 0. The molecule has 3 aliphatic rings. The maximum atomic E-state index is 5.56. The van der Waals surface area contributed by atoms with Gasteiger partial charge in [0.2, 0.25) is 0 Å². The number of ether oxygens (including phenoxy) is 1. The Bertz CT molecular complexity index is 696. The fraction of sp³-hybridized carbons (Fsp3) is 0.826. The Morgan fingerprint density at radius 1 is 1.09 bits per heavy atom. The first-order chi connectivity index (χ1) is 15.3. The van der Waals surface area contributed by atoms with Crippen LogP contribution in [0.1, 0.15) is 50.6 Å². The summed E-state index contributed by atoms with van der Waals surface area (Å²) in [7, 11) is 1.87. The van der Waals surface area contributed by atoms with E-state index in [2.05, 4.69) is 30.8 Å². The van der Waals surface area contributed by atoms with E-state index in [0.29, 0.717) is 5.41 Å². The molecule has 4 rings (SSSR count). The number of aromatic nitrogens is 1. The van der Waals surface area contributed by atoms with E-state index < -0.39 is 0 Å². The van der Waals surface area contributed by atoms with Crippen molar-refractivity contribution in [3.05, 3.63) is 11.1 Å². The largest absolute Gasteiger partial charge is 0.379 e. The second-order valence-electron chi connectivity index (χ2n) is 9.37. The molecule has 32 heavy (non-hydrogen) atoms. The van der Waals surface area contributed by atoms with E-state index in [4.69, 9.17) is 9.72 Å². The van der Waals surface area contributed by atoms with Crippen molar-refractivity contribution in [1.29, 1.82) is 0 Å². The third kappa shape index (κ3) is 7.43. The van der Waals surface area contributed by atoms with Gasteiger partial charge < -0.3 is 20.3 Å². The lowest BCUT2D eigenvalue weighted by molar-refractivity contribution is 0.00820. The molecular formula is C23H41IN6OS. The van der Waals surface area contributed by atoms with Gasteiger partial charge in [0.1, 0.15) is 0 Å². The average molecular weight is 577 g/mol. The van der Waals surface area contributed by atoms with Crippen LogP contribution in [0.5, 0.6) is 0 Å². The van der Waals surface area contributed by atoms with Crippen LogP contribution in [0.25, 0.3) is 0 Å². The number of aliphatic imine (C=N–C) groups is 1. The van der Waals surface area contributed by atoms with E-state index >= 15 is 0 Å². The quantitative estimate of drug-likeness (QED) is 0.281. The molecule has 1 aliphatic carbocycles. The van der Waals surface area contributed by atoms with Gasteiger partial charge in [0.05, 0.1) is 18.9 Å². The van der Waals surface area contributed by atoms with Gasteiger partial charge in [0.25, 0.3) is 0 Å². The van der Waals surface area contributed by atoms with Crippen LogP contribution >= 0.6 is 35.3 Å². The van der Waals surface area contributed by atoms with Crippen LogP contribution in [0.4, 0.5) is 5.13 Å². The van der Waals surface area contributed by atoms with Crippen LogP contribution in [0, 0.1) is 5.41 Å². The highest BCUT2D eigenvalue weighted by atomic mass is 127. The Balaban J connectivity index is 0.00000289. The smallest absolute Gasteiger partial charge is 0.191 e. The monoisotopic (exact) mass is 576 g/mol. The number of guanidine groups is 1. The number of hydrogen-bond donors (Lipinski definition) is 2. The molecule has 3 heterocycles. The summed E-state index contributed by atoms with van der Waals surface area (Å²) in [6.45, 7) is 9.26. The predicted molar refractivity (Wildman–Crippen MR) is 145 cm³/mol. The number of nitrogens with zero attached hydrogens (tertiary/aromatic N) is 4. The van der Waals surface area contributed by atoms with E-state index in [-0.39, 0.29) is 24.0 Å². The lowest BCUT2D eigenvalue weighted by atomic mass is 9.73. The Kier molecular flexibility index (Phi) is 10.8. The molecule has 0 atom stereocenters. The maximum Gasteiger partial charge on any atom is 0.191 e. The van der Waals surface area contributed by atoms with Gasteiger partial charge in [-0.05, 0) is 25.7 Å². The van der Waals surface area contributed by atoms with Crippen molar-refractivity contribution < 1.29 is 4.74 Å². The Hall–Kier alpha value is -0.650. The van der Waals surface area contributed by atoms with Crippen molar-refractivity contribution in [3.8, 4) is 0 Å². The molecule has 2 aliphatic heterocycles. The third-order valence-corrected chi connectivity index (χ3v) is 7.97. The summed E-state index contributed by atoms with van der Waals surface area (Å²) in [4.78, 5) is 14.3. The van der Waals surface area contributed by atoms with Gasteiger partial charge in [0, 0.05) is 70.1 Å². The molecule has 2 saturated heterocycles. The van der Waals surface area contributed by atoms with E-state index in [9.17, 15) is 0 Å². The summed E-state index contributed by atoms with van der Waals surface area (Å²) >= 11 is 1.78. The van der Waals surface area contributed by atoms with Crippen molar-refractivity contribution in [2.45, 2.75) is 51.4 Å². The first kappa shape index (κ1) is 26.0. The molecule has 0 amide bonds. The van der Waals surface area contributed by atoms with Crippen molar-refractivity contribution >= 4 is 46.4 Å². The normalized spacial score (nSPS) is 21.9. The van der Waals surface area contributed by atoms with E-state index in [1.54, 1.807) is 11.3 Å². The molecule has 0 bridgehead atoms. The lowest BCUT2D eigenvalue weighted by Gasteiger charge is -2.42. The van der Waals surface area contributed by atoms with Gasteiger partial charge >= 0.3 is 0 Å². The number of morpholine rings is 1. The van der Waals surface area contributed by atoms with Crippen molar-refractivity contribution in [2.24, 2.45) is 10.4 Å². The summed E-state index contributed by atoms with van der Waals surface area (Å²) < 4.78 is 5.56. The first-order valence-corrected chi connectivity index (χ1v) is 13.1. The Labute approximate surface area is 214 Å². The van der Waals surface area contributed by atoms with Crippen molar-refractivity contribution in [1.82, 2.24) is 20.5 Å². The SMILES string of the molecule is CN=C(NCCc1csc(N2CCCC2)n1)NCC1(CN2CCOCC2)CCCCC1.I. The first-order valence-electron chi connectivity index (χ1n) is 12.2. The zero-order valence-corrected chi connectivity index (χ0v) is 22.8. The van der Waals surface area contributed by atoms with Gasteiger partial charge in [0.15, 0.2) is 11.1 Å². The second kappa shape index (κ2) is 13.3. The highest BCUT2D eigenvalue weighted by molar-refractivity contribution is 14.0. The standard InChI is InChI=1S/C23H40N6OS.HI/c1-24-21(25-10-7-20-17-31-22(27-20)29-11-5-6-12-29)26-18-23(8-3-2-4-9-23)19-28-13-15-30-16-14-28;/h17H,2-16,18-19H2,1H3,(H2,24,25,26);1H. The molecule has 9 heteroatoms. The topological polar surface area (TPSA) is 65.0 Å². The molecule has 7 nitrogen and oxygen atoms in total. The Morgan fingerprint density at radius 2 is 1.84 bits per heavy atom. The summed E-state index contributed by atoms with van der Waals surface area (Å²) in [5.41, 5.74) is 1.54. The predicted octanol–water partition coefficient (Wildman–Crippen LogP) is 3.35. The number of anilines is 1. The number of nitrogens with one attached hydrogen (secondary N) is 2. The van der Waals surface area contributed by atoms with Crippen LogP contribution in [0.15, 0.2) is 10.4 Å². The highest BCUT2D eigenvalue weighted by Gasteiger charge is 2.34. The molecule has 182 valence electrons. The number of rotatable bonds is 8. The highest BCUT2D eigenvalue weighted by Crippen LogP contribution is 2.36. The molecule has 0 spiro atoms. The van der Waals surface area contributed by atoms with Crippen molar-refractivity contribution in [3.63, 3.8) is 0 Å².